The third-order valence-corrected chi connectivity index (χ3v) is 1.93. The number of amides is 2. The van der Waals surface area contributed by atoms with Gasteiger partial charge in [-0.2, -0.15) is 0 Å². The molecule has 0 radical (unpaired) electrons. The van der Waals surface area contributed by atoms with E-state index in [0.29, 0.717) is 0 Å². The maximum atomic E-state index is 11.3. The van der Waals surface area contributed by atoms with E-state index < -0.39 is 42.3 Å². The Morgan fingerprint density at radius 1 is 0.889 bits per heavy atom. The molecule has 2 amide bonds. The zero-order valence-corrected chi connectivity index (χ0v) is 9.63. The van der Waals surface area contributed by atoms with E-state index in [0.717, 1.165) is 0 Å². The van der Waals surface area contributed by atoms with Gasteiger partial charge in [-0.05, 0) is 6.42 Å². The van der Waals surface area contributed by atoms with E-state index in [4.69, 9.17) is 22.9 Å². The van der Waals surface area contributed by atoms with E-state index in [-0.39, 0.29) is 12.8 Å². The second kappa shape index (κ2) is 7.35. The predicted octanol–water partition coefficient (Wildman–Crippen LogP) is -3.15. The molecule has 9 nitrogen and oxygen atoms in total. The number of hydrogen-bond acceptors (Lipinski definition) is 7. The summed E-state index contributed by atoms with van der Waals surface area (Å²) in [4.78, 5) is 43.4. The number of primary amides is 2. The molecule has 0 heterocycles. The summed E-state index contributed by atoms with van der Waals surface area (Å²) in [6, 6.07) is -2.49. The second-order valence-corrected chi connectivity index (χ2v) is 3.63. The number of hydrogen-bond donors (Lipinski definition) is 4. The van der Waals surface area contributed by atoms with Gasteiger partial charge in [0.05, 0.1) is 6.42 Å². The Hall–Kier alpha value is -2.00. The number of carbonyl (C=O) groups excluding carboxylic acids is 4. The van der Waals surface area contributed by atoms with Crippen molar-refractivity contribution in [3.8, 4) is 0 Å². The van der Waals surface area contributed by atoms with Crippen LogP contribution in [0.2, 0.25) is 0 Å². The van der Waals surface area contributed by atoms with Crippen molar-refractivity contribution in [3.63, 3.8) is 0 Å². The van der Waals surface area contributed by atoms with Crippen LogP contribution in [0.15, 0.2) is 0 Å². The zero-order valence-electron chi connectivity index (χ0n) is 9.63. The molecule has 9 heteroatoms. The van der Waals surface area contributed by atoms with Crippen LogP contribution in [0.25, 0.3) is 0 Å². The van der Waals surface area contributed by atoms with Crippen molar-refractivity contribution in [2.45, 2.75) is 31.3 Å². The van der Waals surface area contributed by atoms with E-state index >= 15 is 0 Å². The molecule has 0 fully saturated rings. The molecule has 102 valence electrons. The van der Waals surface area contributed by atoms with Crippen molar-refractivity contribution in [1.29, 1.82) is 0 Å². The van der Waals surface area contributed by atoms with Crippen molar-refractivity contribution in [1.82, 2.24) is 0 Å². The Morgan fingerprint density at radius 2 is 1.39 bits per heavy atom. The third-order valence-electron chi connectivity index (χ3n) is 1.93. The van der Waals surface area contributed by atoms with Gasteiger partial charge in [-0.25, -0.2) is 9.59 Å². The molecule has 8 N–H and O–H groups in total. The minimum absolute atomic E-state index is 0.0491. The maximum Gasteiger partial charge on any atom is 0.331 e. The van der Waals surface area contributed by atoms with Crippen molar-refractivity contribution < 1.29 is 23.9 Å². The monoisotopic (exact) mass is 260 g/mol. The van der Waals surface area contributed by atoms with Crippen LogP contribution in [0, 0.1) is 0 Å². The molecule has 0 aromatic carbocycles. The lowest BCUT2D eigenvalue weighted by molar-refractivity contribution is -0.162. The fraction of sp³-hybridized carbons (Fsp3) is 0.556. The number of ether oxygens (including phenoxy) is 1. The molecule has 0 aromatic rings. The van der Waals surface area contributed by atoms with Gasteiger partial charge in [0, 0.05) is 6.42 Å². The Balaban J connectivity index is 4.17. The quantitative estimate of drug-likeness (QED) is 0.275. The van der Waals surface area contributed by atoms with Crippen LogP contribution in [0.1, 0.15) is 19.3 Å². The van der Waals surface area contributed by atoms with Gasteiger partial charge in [0.1, 0.15) is 12.1 Å². The summed E-state index contributed by atoms with van der Waals surface area (Å²) in [7, 11) is 0. The SMILES string of the molecule is NC(=O)CC[C@H](N)C(=O)OC(=O)[C@H](N)CC(N)=O. The molecule has 0 unspecified atom stereocenters. The first-order chi connectivity index (χ1) is 8.23. The number of rotatable bonds is 7. The summed E-state index contributed by atoms with van der Waals surface area (Å²) in [5, 5.41) is 0. The molecule has 2 atom stereocenters. The second-order valence-electron chi connectivity index (χ2n) is 3.63. The smallest absolute Gasteiger partial charge is 0.331 e. The number of nitrogens with two attached hydrogens (primary N) is 4. The summed E-state index contributed by atoms with van der Waals surface area (Å²) < 4.78 is 4.32. The van der Waals surface area contributed by atoms with E-state index in [2.05, 4.69) is 4.74 Å². The molecule has 0 saturated heterocycles. The molecular formula is C9H16N4O5. The first-order valence-corrected chi connectivity index (χ1v) is 5.07. The van der Waals surface area contributed by atoms with Crippen LogP contribution in [0.3, 0.4) is 0 Å². The highest BCUT2D eigenvalue weighted by atomic mass is 16.6. The van der Waals surface area contributed by atoms with Crippen LogP contribution in [-0.2, 0) is 23.9 Å². The highest BCUT2D eigenvalue weighted by Crippen LogP contribution is 1.99. The van der Waals surface area contributed by atoms with E-state index in [9.17, 15) is 19.2 Å². The van der Waals surface area contributed by atoms with Gasteiger partial charge in [-0.3, -0.25) is 9.59 Å². The standard InChI is InChI=1S/C9H16N4O5/c10-4(1-2-6(12)14)8(16)18-9(17)5(11)3-7(13)15/h4-5H,1-3,10-11H2,(H2,12,14)(H2,13,15)/t4-,5+/m0/s1. The summed E-state index contributed by atoms with van der Waals surface area (Å²) >= 11 is 0. The Kier molecular flexibility index (Phi) is 6.53. The Bertz CT molecular complexity index is 357. The van der Waals surface area contributed by atoms with Gasteiger partial charge in [0.25, 0.3) is 0 Å². The van der Waals surface area contributed by atoms with Gasteiger partial charge in [0.2, 0.25) is 11.8 Å². The molecule has 0 bridgehead atoms. The number of esters is 2. The molecule has 0 aliphatic rings. The highest BCUT2D eigenvalue weighted by molar-refractivity contribution is 5.93. The minimum Gasteiger partial charge on any atom is -0.391 e. The van der Waals surface area contributed by atoms with Crippen molar-refractivity contribution in [2.24, 2.45) is 22.9 Å². The molecule has 0 rings (SSSR count). The fourth-order valence-electron chi connectivity index (χ4n) is 0.966. The minimum atomic E-state index is -1.32. The fourth-order valence-corrected chi connectivity index (χ4v) is 0.966. The third kappa shape index (κ3) is 6.55. The normalized spacial score (nSPS) is 13.4. The maximum absolute atomic E-state index is 11.3. The topological polar surface area (TPSA) is 182 Å². The molecular weight excluding hydrogens is 244 g/mol. The Morgan fingerprint density at radius 3 is 1.83 bits per heavy atom. The van der Waals surface area contributed by atoms with Crippen LogP contribution in [0.4, 0.5) is 0 Å². The molecule has 18 heavy (non-hydrogen) atoms. The summed E-state index contributed by atoms with van der Waals surface area (Å²) in [5.74, 6) is -3.57. The summed E-state index contributed by atoms with van der Waals surface area (Å²) in [6.45, 7) is 0. The zero-order chi connectivity index (χ0) is 14.3. The first kappa shape index (κ1) is 16.0. The highest BCUT2D eigenvalue weighted by Gasteiger charge is 2.24. The van der Waals surface area contributed by atoms with Gasteiger partial charge < -0.3 is 27.7 Å². The van der Waals surface area contributed by atoms with E-state index in [1.807, 2.05) is 0 Å². The summed E-state index contributed by atoms with van der Waals surface area (Å²) in [6.07, 6.45) is -0.604. The van der Waals surface area contributed by atoms with Gasteiger partial charge in [-0.15, -0.1) is 0 Å². The van der Waals surface area contributed by atoms with Crippen LogP contribution >= 0.6 is 0 Å². The van der Waals surface area contributed by atoms with Gasteiger partial charge in [0.15, 0.2) is 0 Å². The van der Waals surface area contributed by atoms with Crippen molar-refractivity contribution in [2.75, 3.05) is 0 Å². The average Bonchev–Trinajstić information content (AvgIpc) is 2.24. The lowest BCUT2D eigenvalue weighted by Gasteiger charge is -2.11. The molecule has 0 aliphatic carbocycles. The Labute approximate surface area is 103 Å². The molecule has 0 aromatic heterocycles. The lowest BCUT2D eigenvalue weighted by Crippen LogP contribution is -2.41. The van der Waals surface area contributed by atoms with Crippen molar-refractivity contribution in [3.05, 3.63) is 0 Å². The average molecular weight is 260 g/mol. The lowest BCUT2D eigenvalue weighted by atomic mass is 10.1. The van der Waals surface area contributed by atoms with Gasteiger partial charge in [-0.1, -0.05) is 0 Å². The molecule has 0 aliphatic heterocycles. The van der Waals surface area contributed by atoms with Crippen LogP contribution < -0.4 is 22.9 Å². The first-order valence-electron chi connectivity index (χ1n) is 5.07. The molecule has 0 spiro atoms. The van der Waals surface area contributed by atoms with E-state index in [1.165, 1.54) is 0 Å². The van der Waals surface area contributed by atoms with Crippen LogP contribution in [-0.4, -0.2) is 35.8 Å². The largest absolute Gasteiger partial charge is 0.391 e. The summed E-state index contributed by atoms with van der Waals surface area (Å²) in [5.41, 5.74) is 20.3. The van der Waals surface area contributed by atoms with E-state index in [1.54, 1.807) is 0 Å². The molecule has 0 saturated carbocycles. The van der Waals surface area contributed by atoms with Crippen molar-refractivity contribution >= 4 is 23.8 Å². The predicted molar refractivity (Wildman–Crippen MR) is 59.3 cm³/mol. The van der Waals surface area contributed by atoms with Gasteiger partial charge >= 0.3 is 11.9 Å². The number of carbonyl (C=O) groups is 4. The van der Waals surface area contributed by atoms with Crippen LogP contribution in [0.5, 0.6) is 0 Å².